The Balaban J connectivity index is 1.60. The number of hydrogen-bond donors (Lipinski definition) is 3. The number of piperazine rings is 1. The highest BCUT2D eigenvalue weighted by molar-refractivity contribution is 5.96. The van der Waals surface area contributed by atoms with Crippen LogP contribution in [0.4, 0.5) is 5.69 Å². The number of nitrogens with one attached hydrogen (secondary N) is 2. The van der Waals surface area contributed by atoms with Crippen molar-refractivity contribution < 1.29 is 24.2 Å². The third-order valence-corrected chi connectivity index (χ3v) is 5.50. The Morgan fingerprint density at radius 3 is 2.78 bits per heavy atom. The average Bonchev–Trinajstić information content (AvgIpc) is 3.31. The second-order valence-corrected chi connectivity index (χ2v) is 7.92. The predicted octanol–water partition coefficient (Wildman–Crippen LogP) is 0.712. The number of methoxy groups -OCH3 is 1. The Hall–Kier alpha value is -2.69. The number of nitrogens with zero attached hydrogens (tertiary/aromatic N) is 3. The van der Waals surface area contributed by atoms with Crippen LogP contribution in [-0.2, 0) is 14.3 Å². The van der Waals surface area contributed by atoms with Crippen molar-refractivity contribution in [3.05, 3.63) is 29.8 Å². The minimum atomic E-state index is -0.969. The molecule has 1 amide bonds. The second-order valence-electron chi connectivity index (χ2n) is 7.92. The summed E-state index contributed by atoms with van der Waals surface area (Å²) in [5.74, 6) is -0.275. The number of anilines is 1. The third kappa shape index (κ3) is 7.47. The highest BCUT2D eigenvalue weighted by Crippen LogP contribution is 2.15. The van der Waals surface area contributed by atoms with Crippen LogP contribution in [0.3, 0.4) is 0 Å². The number of ether oxygens (including phenoxy) is 2. The summed E-state index contributed by atoms with van der Waals surface area (Å²) < 4.78 is 10.7. The van der Waals surface area contributed by atoms with E-state index in [1.807, 2.05) is 6.07 Å². The molecule has 0 spiro atoms. The Morgan fingerprint density at radius 2 is 2.09 bits per heavy atom. The van der Waals surface area contributed by atoms with Gasteiger partial charge in [0.1, 0.15) is 0 Å². The van der Waals surface area contributed by atoms with Gasteiger partial charge in [-0.15, -0.1) is 0 Å². The van der Waals surface area contributed by atoms with E-state index < -0.39 is 5.97 Å². The first-order valence-corrected chi connectivity index (χ1v) is 11.0. The fraction of sp³-hybridized carbons (Fsp3) is 0.591. The fourth-order valence-corrected chi connectivity index (χ4v) is 3.72. The van der Waals surface area contributed by atoms with Crippen LogP contribution < -0.4 is 10.6 Å². The van der Waals surface area contributed by atoms with E-state index in [0.717, 1.165) is 32.5 Å². The predicted molar refractivity (Wildman–Crippen MR) is 121 cm³/mol. The molecule has 2 aliphatic heterocycles. The van der Waals surface area contributed by atoms with E-state index >= 15 is 0 Å². The lowest BCUT2D eigenvalue weighted by Crippen LogP contribution is -2.52. The van der Waals surface area contributed by atoms with Crippen LogP contribution in [0.5, 0.6) is 0 Å². The molecular formula is C22H33N5O5. The van der Waals surface area contributed by atoms with E-state index in [4.69, 9.17) is 14.5 Å². The van der Waals surface area contributed by atoms with Gasteiger partial charge in [-0.25, -0.2) is 4.79 Å². The number of benzene rings is 1. The van der Waals surface area contributed by atoms with Crippen LogP contribution in [0.25, 0.3) is 0 Å². The number of guanidine groups is 1. The van der Waals surface area contributed by atoms with E-state index in [1.165, 1.54) is 0 Å². The lowest BCUT2D eigenvalue weighted by molar-refractivity contribution is -0.122. The molecule has 1 aromatic carbocycles. The van der Waals surface area contributed by atoms with Crippen molar-refractivity contribution in [3.8, 4) is 0 Å². The maximum atomic E-state index is 12.1. The average molecular weight is 448 g/mol. The Labute approximate surface area is 188 Å². The third-order valence-electron chi connectivity index (χ3n) is 5.50. The van der Waals surface area contributed by atoms with Crippen LogP contribution in [0, 0.1) is 0 Å². The van der Waals surface area contributed by atoms with Crippen LogP contribution in [0.1, 0.15) is 23.2 Å². The van der Waals surface area contributed by atoms with Crippen LogP contribution in [-0.4, -0.2) is 105 Å². The minimum absolute atomic E-state index is 0.00798. The van der Waals surface area contributed by atoms with Gasteiger partial charge in [0.25, 0.3) is 0 Å². The molecule has 0 saturated carbocycles. The molecule has 0 unspecified atom stereocenters. The fourth-order valence-electron chi connectivity index (χ4n) is 3.72. The molecule has 3 rings (SSSR count). The minimum Gasteiger partial charge on any atom is -0.478 e. The van der Waals surface area contributed by atoms with Crippen molar-refractivity contribution in [1.82, 2.24) is 15.1 Å². The summed E-state index contributed by atoms with van der Waals surface area (Å²) in [7, 11) is 1.61. The largest absolute Gasteiger partial charge is 0.478 e. The van der Waals surface area contributed by atoms with Gasteiger partial charge in [0.05, 0.1) is 31.4 Å². The molecule has 2 heterocycles. The van der Waals surface area contributed by atoms with Crippen molar-refractivity contribution in [2.75, 3.05) is 71.5 Å². The van der Waals surface area contributed by atoms with E-state index in [1.54, 1.807) is 25.3 Å². The monoisotopic (exact) mass is 447 g/mol. The maximum Gasteiger partial charge on any atom is 0.335 e. The van der Waals surface area contributed by atoms with Gasteiger partial charge in [0.15, 0.2) is 5.96 Å². The van der Waals surface area contributed by atoms with Crippen LogP contribution >= 0.6 is 0 Å². The van der Waals surface area contributed by atoms with Crippen molar-refractivity contribution in [3.63, 3.8) is 0 Å². The molecule has 10 heteroatoms. The van der Waals surface area contributed by atoms with Crippen molar-refractivity contribution in [2.24, 2.45) is 4.99 Å². The van der Waals surface area contributed by atoms with Gasteiger partial charge < -0.3 is 30.1 Å². The summed E-state index contributed by atoms with van der Waals surface area (Å²) in [5, 5.41) is 15.4. The molecule has 2 aliphatic rings. The standard InChI is InChI=1S/C22H33N5O5/c1-31-13-7-23-20(28)16-26-8-10-27(11-9-26)22(24-15-19-6-3-12-32-19)25-18-5-2-4-17(14-18)21(29)30/h2,4-5,14,19H,3,6-13,15-16H2,1H3,(H,23,28)(H,24,25)(H,29,30)/t19-/m1/s1. The first-order chi connectivity index (χ1) is 15.5. The van der Waals surface area contributed by atoms with E-state index in [0.29, 0.717) is 51.0 Å². The van der Waals surface area contributed by atoms with E-state index in [2.05, 4.69) is 20.4 Å². The number of carbonyl (C=O) groups excluding carboxylic acids is 1. The summed E-state index contributed by atoms with van der Waals surface area (Å²) in [6, 6.07) is 6.70. The quantitative estimate of drug-likeness (QED) is 0.288. The number of carbonyl (C=O) groups is 2. The number of carboxylic acid groups (broad SMARTS) is 1. The molecule has 0 aromatic heterocycles. The topological polar surface area (TPSA) is 116 Å². The lowest BCUT2D eigenvalue weighted by Gasteiger charge is -2.36. The molecule has 0 aliphatic carbocycles. The molecule has 0 radical (unpaired) electrons. The number of aromatic carboxylic acids is 1. The number of amides is 1. The van der Waals surface area contributed by atoms with Crippen molar-refractivity contribution >= 4 is 23.5 Å². The highest BCUT2D eigenvalue weighted by atomic mass is 16.5. The summed E-state index contributed by atoms with van der Waals surface area (Å²) in [6.07, 6.45) is 2.17. The van der Waals surface area contributed by atoms with Gasteiger partial charge in [-0.05, 0) is 31.0 Å². The molecule has 0 bridgehead atoms. The van der Waals surface area contributed by atoms with E-state index in [9.17, 15) is 14.7 Å². The van der Waals surface area contributed by atoms with Gasteiger partial charge in [0.2, 0.25) is 5.91 Å². The number of hydrogen-bond acceptors (Lipinski definition) is 6. The normalized spacial score (nSPS) is 19.7. The summed E-state index contributed by atoms with van der Waals surface area (Å²) >= 11 is 0. The number of rotatable bonds is 9. The molecular weight excluding hydrogens is 414 g/mol. The number of carboxylic acids is 1. The summed E-state index contributed by atoms with van der Waals surface area (Å²) in [4.78, 5) is 32.4. The summed E-state index contributed by atoms with van der Waals surface area (Å²) in [5.41, 5.74) is 0.897. The van der Waals surface area contributed by atoms with Crippen LogP contribution in [0.2, 0.25) is 0 Å². The van der Waals surface area contributed by atoms with Gasteiger partial charge in [0, 0.05) is 52.1 Å². The van der Waals surface area contributed by atoms with E-state index in [-0.39, 0.29) is 17.6 Å². The van der Waals surface area contributed by atoms with Crippen molar-refractivity contribution in [2.45, 2.75) is 18.9 Å². The zero-order valence-corrected chi connectivity index (χ0v) is 18.6. The zero-order chi connectivity index (χ0) is 22.8. The molecule has 10 nitrogen and oxygen atoms in total. The molecule has 32 heavy (non-hydrogen) atoms. The first-order valence-electron chi connectivity index (χ1n) is 11.0. The van der Waals surface area contributed by atoms with Crippen LogP contribution in [0.15, 0.2) is 29.3 Å². The molecule has 2 fully saturated rings. The molecule has 176 valence electrons. The van der Waals surface area contributed by atoms with Gasteiger partial charge in [-0.3, -0.25) is 14.7 Å². The maximum absolute atomic E-state index is 12.1. The van der Waals surface area contributed by atoms with Gasteiger partial charge >= 0.3 is 5.97 Å². The van der Waals surface area contributed by atoms with Gasteiger partial charge in [-0.1, -0.05) is 6.07 Å². The Kier molecular flexibility index (Phi) is 9.27. The van der Waals surface area contributed by atoms with Gasteiger partial charge in [-0.2, -0.15) is 0 Å². The SMILES string of the molecule is COCCNC(=O)CN1CCN(C(=NC[C@H]2CCCO2)Nc2cccc(C(=O)O)c2)CC1. The summed E-state index contributed by atoms with van der Waals surface area (Å²) in [6.45, 7) is 5.57. The molecule has 2 saturated heterocycles. The second kappa shape index (κ2) is 12.4. The Bertz CT molecular complexity index is 789. The lowest BCUT2D eigenvalue weighted by atomic mass is 10.2. The number of aliphatic imine (C=N–C) groups is 1. The first kappa shape index (κ1) is 24.0. The van der Waals surface area contributed by atoms with Crippen molar-refractivity contribution in [1.29, 1.82) is 0 Å². The zero-order valence-electron chi connectivity index (χ0n) is 18.6. The smallest absolute Gasteiger partial charge is 0.335 e. The molecule has 1 aromatic rings. The highest BCUT2D eigenvalue weighted by Gasteiger charge is 2.23. The molecule has 3 N–H and O–H groups in total. The molecule has 1 atom stereocenters. The Morgan fingerprint density at radius 1 is 1.28 bits per heavy atom.